The summed E-state index contributed by atoms with van der Waals surface area (Å²) in [6.07, 6.45) is -1.22. The first-order valence-corrected chi connectivity index (χ1v) is 9.78. The number of carbonyl (C=O) groups excluding carboxylic acids is 1. The second-order valence-corrected chi connectivity index (χ2v) is 7.30. The van der Waals surface area contributed by atoms with Gasteiger partial charge in [-0.05, 0) is 30.9 Å². The molecule has 2 aromatic heterocycles. The van der Waals surface area contributed by atoms with Crippen LogP contribution < -0.4 is 0 Å². The largest absolute Gasteiger partial charge is 0.522 e. The standard InChI is InChI=1S/C21H21F3N4O2/c22-21(23,24)30-17-7-10-27(11-8-17)20(29)16-12-18-19(25-13-16)28(14-26-18)9-6-15-4-2-1-3-5-15/h1-5,12-14,17H,6-11H2. The van der Waals surface area contributed by atoms with Crippen LogP contribution in [-0.4, -0.2) is 50.9 Å². The van der Waals surface area contributed by atoms with Gasteiger partial charge in [0.1, 0.15) is 5.52 Å². The number of rotatable bonds is 5. The number of aryl methyl sites for hydroxylation is 2. The first-order valence-electron chi connectivity index (χ1n) is 9.78. The number of benzene rings is 1. The Hall–Kier alpha value is -2.94. The summed E-state index contributed by atoms with van der Waals surface area (Å²) in [5, 5.41) is 0. The summed E-state index contributed by atoms with van der Waals surface area (Å²) in [5.41, 5.74) is 2.90. The molecule has 0 saturated carbocycles. The van der Waals surface area contributed by atoms with Crippen molar-refractivity contribution >= 4 is 17.1 Å². The maximum atomic E-state index is 12.7. The Morgan fingerprint density at radius 1 is 1.13 bits per heavy atom. The van der Waals surface area contributed by atoms with E-state index in [0.717, 1.165) is 6.42 Å². The zero-order valence-electron chi connectivity index (χ0n) is 16.2. The molecule has 3 aromatic rings. The average Bonchev–Trinajstić information content (AvgIpc) is 3.14. The molecule has 1 saturated heterocycles. The van der Waals surface area contributed by atoms with Gasteiger partial charge in [-0.15, -0.1) is 13.2 Å². The molecule has 1 aliphatic rings. The highest BCUT2D eigenvalue weighted by molar-refractivity contribution is 5.96. The summed E-state index contributed by atoms with van der Waals surface area (Å²) in [4.78, 5) is 23.0. The van der Waals surface area contributed by atoms with Gasteiger partial charge in [0.05, 0.1) is 18.0 Å². The Bertz CT molecular complexity index is 1010. The summed E-state index contributed by atoms with van der Waals surface area (Å²) in [5.74, 6) is -0.256. The van der Waals surface area contributed by atoms with Crippen molar-refractivity contribution in [3.05, 3.63) is 60.0 Å². The van der Waals surface area contributed by atoms with Gasteiger partial charge in [0, 0.05) is 25.8 Å². The van der Waals surface area contributed by atoms with Crippen LogP contribution in [0, 0.1) is 0 Å². The van der Waals surface area contributed by atoms with Gasteiger partial charge < -0.3 is 9.47 Å². The van der Waals surface area contributed by atoms with Crippen molar-refractivity contribution < 1.29 is 22.7 Å². The predicted molar refractivity (Wildman–Crippen MR) is 104 cm³/mol. The van der Waals surface area contributed by atoms with E-state index in [1.807, 2.05) is 22.8 Å². The molecule has 9 heteroatoms. The quantitative estimate of drug-likeness (QED) is 0.632. The Labute approximate surface area is 171 Å². The van der Waals surface area contributed by atoms with Gasteiger partial charge in [-0.1, -0.05) is 30.3 Å². The number of ether oxygens (including phenoxy) is 1. The second-order valence-electron chi connectivity index (χ2n) is 7.30. The third kappa shape index (κ3) is 4.79. The molecule has 0 aliphatic carbocycles. The third-order valence-corrected chi connectivity index (χ3v) is 5.22. The van der Waals surface area contributed by atoms with E-state index in [0.29, 0.717) is 23.3 Å². The summed E-state index contributed by atoms with van der Waals surface area (Å²) in [6, 6.07) is 11.8. The molecule has 0 spiro atoms. The average molecular weight is 418 g/mol. The summed E-state index contributed by atoms with van der Waals surface area (Å²) in [6.45, 7) is 1.14. The minimum atomic E-state index is -4.65. The molecule has 3 heterocycles. The lowest BCUT2D eigenvalue weighted by atomic mass is 10.1. The molecule has 0 unspecified atom stereocenters. The molecule has 1 aromatic carbocycles. The van der Waals surface area contributed by atoms with Crippen LogP contribution in [0.25, 0.3) is 11.2 Å². The maximum Gasteiger partial charge on any atom is 0.522 e. The maximum absolute atomic E-state index is 12.7. The van der Waals surface area contributed by atoms with E-state index < -0.39 is 12.5 Å². The molecule has 4 rings (SSSR count). The SMILES string of the molecule is O=C(c1cnc2c(c1)ncn2CCc1ccccc1)N1CCC(OC(F)(F)F)CC1. The zero-order valence-corrected chi connectivity index (χ0v) is 16.2. The van der Waals surface area contributed by atoms with Crippen molar-refractivity contribution in [2.75, 3.05) is 13.1 Å². The van der Waals surface area contributed by atoms with E-state index in [-0.39, 0.29) is 31.8 Å². The van der Waals surface area contributed by atoms with Crippen molar-refractivity contribution in [1.29, 1.82) is 0 Å². The number of fused-ring (bicyclic) bond motifs is 1. The van der Waals surface area contributed by atoms with Crippen LogP contribution in [0.3, 0.4) is 0 Å². The first kappa shape index (κ1) is 20.3. The number of hydrogen-bond donors (Lipinski definition) is 0. The minimum Gasteiger partial charge on any atom is -0.338 e. The van der Waals surface area contributed by atoms with E-state index >= 15 is 0 Å². The van der Waals surface area contributed by atoms with E-state index in [9.17, 15) is 18.0 Å². The number of piperidine rings is 1. The number of amides is 1. The van der Waals surface area contributed by atoms with Crippen LogP contribution in [0.2, 0.25) is 0 Å². The first-order chi connectivity index (χ1) is 14.4. The summed E-state index contributed by atoms with van der Waals surface area (Å²) < 4.78 is 43.0. The van der Waals surface area contributed by atoms with Gasteiger partial charge in [-0.2, -0.15) is 0 Å². The number of hydrogen-bond acceptors (Lipinski definition) is 4. The fourth-order valence-corrected chi connectivity index (χ4v) is 3.67. The minimum absolute atomic E-state index is 0.148. The van der Waals surface area contributed by atoms with Crippen LogP contribution in [0.15, 0.2) is 48.9 Å². The number of alkyl halides is 3. The zero-order chi connectivity index (χ0) is 21.1. The molecule has 6 nitrogen and oxygen atoms in total. The lowest BCUT2D eigenvalue weighted by Gasteiger charge is -2.32. The topological polar surface area (TPSA) is 60.2 Å². The van der Waals surface area contributed by atoms with Crippen molar-refractivity contribution in [2.24, 2.45) is 0 Å². The van der Waals surface area contributed by atoms with Gasteiger partial charge in [0.2, 0.25) is 0 Å². The molecule has 1 amide bonds. The van der Waals surface area contributed by atoms with Gasteiger partial charge in [0.15, 0.2) is 5.65 Å². The summed E-state index contributed by atoms with van der Waals surface area (Å²) in [7, 11) is 0. The lowest BCUT2D eigenvalue weighted by molar-refractivity contribution is -0.345. The molecule has 1 aliphatic heterocycles. The van der Waals surface area contributed by atoms with E-state index in [2.05, 4.69) is 26.8 Å². The number of nitrogens with zero attached hydrogens (tertiary/aromatic N) is 4. The number of imidazole rings is 1. The molecule has 1 fully saturated rings. The highest BCUT2D eigenvalue weighted by Gasteiger charge is 2.35. The molecule has 0 bridgehead atoms. The van der Waals surface area contributed by atoms with Gasteiger partial charge in [0.25, 0.3) is 5.91 Å². The van der Waals surface area contributed by atoms with Crippen molar-refractivity contribution in [2.45, 2.75) is 38.3 Å². The predicted octanol–water partition coefficient (Wildman–Crippen LogP) is 3.82. The van der Waals surface area contributed by atoms with Crippen LogP contribution in [0.4, 0.5) is 13.2 Å². The van der Waals surface area contributed by atoms with E-state index in [1.54, 1.807) is 12.4 Å². The molecule has 158 valence electrons. The highest BCUT2D eigenvalue weighted by atomic mass is 19.4. The Kier molecular flexibility index (Phi) is 5.72. The van der Waals surface area contributed by atoms with Crippen LogP contribution >= 0.6 is 0 Å². The smallest absolute Gasteiger partial charge is 0.338 e. The highest BCUT2D eigenvalue weighted by Crippen LogP contribution is 2.25. The van der Waals surface area contributed by atoms with Gasteiger partial charge in [-0.3, -0.25) is 9.53 Å². The number of aromatic nitrogens is 3. The van der Waals surface area contributed by atoms with E-state index in [1.165, 1.54) is 16.7 Å². The Balaban J connectivity index is 1.40. The molecular formula is C21H21F3N4O2. The van der Waals surface area contributed by atoms with Crippen LogP contribution in [-0.2, 0) is 17.7 Å². The van der Waals surface area contributed by atoms with Crippen molar-refractivity contribution in [3.8, 4) is 0 Å². The molecule has 0 radical (unpaired) electrons. The second kappa shape index (κ2) is 8.43. The monoisotopic (exact) mass is 418 g/mol. The Morgan fingerprint density at radius 3 is 2.57 bits per heavy atom. The van der Waals surface area contributed by atoms with Crippen LogP contribution in [0.1, 0.15) is 28.8 Å². The molecule has 0 N–H and O–H groups in total. The third-order valence-electron chi connectivity index (χ3n) is 5.22. The van der Waals surface area contributed by atoms with E-state index in [4.69, 9.17) is 0 Å². The number of halogens is 3. The fraction of sp³-hybridized carbons (Fsp3) is 0.381. The summed E-state index contributed by atoms with van der Waals surface area (Å²) >= 11 is 0. The van der Waals surface area contributed by atoms with Crippen molar-refractivity contribution in [3.63, 3.8) is 0 Å². The van der Waals surface area contributed by atoms with Gasteiger partial charge in [-0.25, -0.2) is 9.97 Å². The Morgan fingerprint density at radius 2 is 1.87 bits per heavy atom. The number of carbonyl (C=O) groups is 1. The van der Waals surface area contributed by atoms with Crippen LogP contribution in [0.5, 0.6) is 0 Å². The molecule has 30 heavy (non-hydrogen) atoms. The molecule has 0 atom stereocenters. The fourth-order valence-electron chi connectivity index (χ4n) is 3.67. The molecular weight excluding hydrogens is 397 g/mol. The lowest BCUT2D eigenvalue weighted by Crippen LogP contribution is -2.42. The van der Waals surface area contributed by atoms with Crippen molar-refractivity contribution in [1.82, 2.24) is 19.4 Å². The number of likely N-dealkylation sites (tertiary alicyclic amines) is 1. The normalized spacial score (nSPS) is 15.6. The van der Waals surface area contributed by atoms with Gasteiger partial charge >= 0.3 is 6.36 Å². The number of pyridine rings is 1.